The molecule has 3 aromatic rings. The van der Waals surface area contributed by atoms with Crippen molar-refractivity contribution in [2.75, 3.05) is 43.2 Å². The van der Waals surface area contributed by atoms with Crippen LogP contribution >= 0.6 is 33.9 Å². The number of anilines is 1. The van der Waals surface area contributed by atoms with Gasteiger partial charge in [0.05, 0.1) is 24.8 Å². The zero-order valence-electron chi connectivity index (χ0n) is 25.8. The molecule has 2 aliphatic rings. The van der Waals surface area contributed by atoms with Crippen LogP contribution in [0.1, 0.15) is 48.4 Å². The highest BCUT2D eigenvalue weighted by atomic mass is 127. The minimum Gasteiger partial charge on any atom is -0.496 e. The lowest BCUT2D eigenvalue weighted by Crippen LogP contribution is -2.47. The summed E-state index contributed by atoms with van der Waals surface area (Å²) in [6.45, 7) is 6.85. The van der Waals surface area contributed by atoms with E-state index in [2.05, 4.69) is 39.3 Å². The minimum atomic E-state index is -0.829. The number of methoxy groups -OCH3 is 2. The van der Waals surface area contributed by atoms with Crippen molar-refractivity contribution >= 4 is 45.0 Å². The summed E-state index contributed by atoms with van der Waals surface area (Å²) in [5.41, 5.74) is 4.69. The molecule has 3 atom stereocenters. The van der Waals surface area contributed by atoms with Gasteiger partial charge in [-0.25, -0.2) is 9.37 Å². The van der Waals surface area contributed by atoms with E-state index < -0.39 is 18.0 Å². The highest BCUT2D eigenvalue weighted by Crippen LogP contribution is 2.39. The molecule has 2 aromatic carbocycles. The molecule has 0 amide bonds. The van der Waals surface area contributed by atoms with Crippen molar-refractivity contribution in [1.29, 1.82) is 0 Å². The lowest BCUT2D eigenvalue weighted by atomic mass is 9.93. The standard InChI is InChI=1S/C33H41FIN3O5S/c1-5-22(9-12-35)37-13-10-23-26(16-37)28(41-3)15-21(30(23)34)18-43-31-20(2)7-6-8-24(31)27-19-44-33(36-27)38-14-11-25(32(39)40)29(17-38)42-4/h6-8,15,19,22,25,29H,5,9-14,16-18H2,1-4H3,(H,39,40)/t22?,25-,29+/m1/s1. The molecule has 0 spiro atoms. The third-order valence-corrected chi connectivity index (χ3v) is 10.5. The predicted molar refractivity (Wildman–Crippen MR) is 180 cm³/mol. The van der Waals surface area contributed by atoms with Gasteiger partial charge in [-0.15, -0.1) is 11.3 Å². The maximum Gasteiger partial charge on any atom is 0.309 e. The number of rotatable bonds is 12. The van der Waals surface area contributed by atoms with Crippen molar-refractivity contribution < 1.29 is 28.5 Å². The van der Waals surface area contributed by atoms with E-state index in [1.165, 1.54) is 11.3 Å². The number of nitrogens with zero attached hydrogens (tertiary/aromatic N) is 3. The molecule has 8 nitrogen and oxygen atoms in total. The first-order valence-corrected chi connectivity index (χ1v) is 17.6. The lowest BCUT2D eigenvalue weighted by molar-refractivity contribution is -0.147. The Morgan fingerprint density at radius 1 is 1.27 bits per heavy atom. The van der Waals surface area contributed by atoms with E-state index in [0.717, 1.165) is 56.9 Å². The topological polar surface area (TPSA) is 84.4 Å². The maximum atomic E-state index is 16.0. The van der Waals surface area contributed by atoms with Gasteiger partial charge in [-0.1, -0.05) is 41.6 Å². The van der Waals surface area contributed by atoms with Gasteiger partial charge in [0.2, 0.25) is 0 Å². The number of carboxylic acid groups (broad SMARTS) is 1. The SMILES string of the molecule is CCC(CCI)N1CCc2c(F)c(COc3c(C)cccc3-c3csc(N4CC[C@@H](C(=O)O)[C@@H](OC)C4)n3)cc(OC)c2C1. The molecule has 0 bridgehead atoms. The Morgan fingerprint density at radius 2 is 2.09 bits per heavy atom. The highest BCUT2D eigenvalue weighted by molar-refractivity contribution is 14.1. The first kappa shape index (κ1) is 32.9. The summed E-state index contributed by atoms with van der Waals surface area (Å²) in [4.78, 5) is 21.1. The van der Waals surface area contributed by atoms with E-state index in [9.17, 15) is 9.90 Å². The van der Waals surface area contributed by atoms with Gasteiger partial charge in [-0.05, 0) is 55.9 Å². The minimum absolute atomic E-state index is 0.0681. The number of alkyl halides is 1. The van der Waals surface area contributed by atoms with Gasteiger partial charge in [0.15, 0.2) is 5.13 Å². The average Bonchev–Trinajstić information content (AvgIpc) is 3.53. The van der Waals surface area contributed by atoms with Gasteiger partial charge in [0.25, 0.3) is 0 Å². The first-order valence-electron chi connectivity index (χ1n) is 15.1. The van der Waals surface area contributed by atoms with E-state index in [0.29, 0.717) is 55.6 Å². The Balaban J connectivity index is 1.36. The molecule has 11 heteroatoms. The summed E-state index contributed by atoms with van der Waals surface area (Å²) in [5.74, 6) is -0.182. The Kier molecular flexibility index (Phi) is 11.0. The Morgan fingerprint density at radius 3 is 2.80 bits per heavy atom. The molecule has 0 saturated carbocycles. The smallest absolute Gasteiger partial charge is 0.309 e. The predicted octanol–water partition coefficient (Wildman–Crippen LogP) is 6.73. The van der Waals surface area contributed by atoms with Crippen LogP contribution in [0.3, 0.4) is 0 Å². The number of hydrogen-bond donors (Lipinski definition) is 1. The second kappa shape index (κ2) is 14.7. The summed E-state index contributed by atoms with van der Waals surface area (Å²) >= 11 is 3.94. The molecule has 238 valence electrons. The van der Waals surface area contributed by atoms with Crippen LogP contribution in [0.4, 0.5) is 9.52 Å². The summed E-state index contributed by atoms with van der Waals surface area (Å²) in [7, 11) is 3.20. The molecular formula is C33H41FIN3O5S. The lowest BCUT2D eigenvalue weighted by Gasteiger charge is -2.36. The number of piperidine rings is 1. The summed E-state index contributed by atoms with van der Waals surface area (Å²) in [6.07, 6.45) is 2.94. The number of benzene rings is 2. The van der Waals surface area contributed by atoms with Gasteiger partial charge in [0, 0.05) is 65.8 Å². The fourth-order valence-electron chi connectivity index (χ4n) is 6.47. The Labute approximate surface area is 276 Å². The number of aromatic nitrogens is 1. The van der Waals surface area contributed by atoms with Crippen molar-refractivity contribution in [3.8, 4) is 22.8 Å². The third-order valence-electron chi connectivity index (χ3n) is 8.98. The molecule has 0 aliphatic carbocycles. The molecule has 1 unspecified atom stereocenters. The van der Waals surface area contributed by atoms with Gasteiger partial charge in [-0.2, -0.15) is 0 Å². The number of halogens is 2. The van der Waals surface area contributed by atoms with Crippen LogP contribution in [0.25, 0.3) is 11.3 Å². The molecule has 1 fully saturated rings. The number of hydrogen-bond acceptors (Lipinski definition) is 8. The summed E-state index contributed by atoms with van der Waals surface area (Å²) in [6, 6.07) is 8.19. The van der Waals surface area contributed by atoms with Crippen LogP contribution < -0.4 is 14.4 Å². The van der Waals surface area contributed by atoms with Gasteiger partial charge in [0.1, 0.15) is 23.9 Å². The van der Waals surface area contributed by atoms with Crippen LogP contribution in [0.5, 0.6) is 11.5 Å². The van der Waals surface area contributed by atoms with E-state index in [1.54, 1.807) is 20.3 Å². The van der Waals surface area contributed by atoms with Gasteiger partial charge in [-0.3, -0.25) is 9.69 Å². The molecule has 2 aliphatic heterocycles. The second-order valence-corrected chi connectivity index (χ2v) is 13.4. The van der Waals surface area contributed by atoms with Crippen LogP contribution in [0.2, 0.25) is 0 Å². The zero-order valence-corrected chi connectivity index (χ0v) is 28.7. The zero-order chi connectivity index (χ0) is 31.4. The van der Waals surface area contributed by atoms with Crippen molar-refractivity contribution in [3.63, 3.8) is 0 Å². The van der Waals surface area contributed by atoms with Gasteiger partial charge >= 0.3 is 5.97 Å². The second-order valence-electron chi connectivity index (χ2n) is 11.5. The molecule has 5 rings (SSSR count). The van der Waals surface area contributed by atoms with Crippen LogP contribution in [0, 0.1) is 18.7 Å². The van der Waals surface area contributed by atoms with E-state index in [1.807, 2.05) is 30.5 Å². The maximum absolute atomic E-state index is 16.0. The van der Waals surface area contributed by atoms with Crippen molar-refractivity contribution in [2.24, 2.45) is 5.92 Å². The van der Waals surface area contributed by atoms with E-state index >= 15 is 4.39 Å². The third kappa shape index (κ3) is 6.85. The van der Waals surface area contributed by atoms with Crippen LogP contribution in [0.15, 0.2) is 29.6 Å². The molecule has 3 heterocycles. The molecule has 1 aromatic heterocycles. The monoisotopic (exact) mass is 737 g/mol. The number of ether oxygens (including phenoxy) is 3. The van der Waals surface area contributed by atoms with E-state index in [-0.39, 0.29) is 12.4 Å². The molecule has 44 heavy (non-hydrogen) atoms. The summed E-state index contributed by atoms with van der Waals surface area (Å²) < 4.78 is 34.8. The number of fused-ring (bicyclic) bond motifs is 1. The molecule has 0 radical (unpaired) electrons. The number of aliphatic carboxylic acids is 1. The van der Waals surface area contributed by atoms with Crippen LogP contribution in [-0.4, -0.2) is 71.4 Å². The number of carboxylic acids is 1. The number of para-hydroxylation sites is 1. The molecule has 1 N–H and O–H groups in total. The van der Waals surface area contributed by atoms with Crippen LogP contribution in [-0.2, 0) is 29.1 Å². The number of carbonyl (C=O) groups is 1. The molecular weight excluding hydrogens is 696 g/mol. The highest BCUT2D eigenvalue weighted by Gasteiger charge is 2.35. The number of thiazole rings is 1. The van der Waals surface area contributed by atoms with Crippen molar-refractivity contribution in [3.05, 3.63) is 57.7 Å². The van der Waals surface area contributed by atoms with Gasteiger partial charge < -0.3 is 24.2 Å². The average molecular weight is 738 g/mol. The van der Waals surface area contributed by atoms with Crippen molar-refractivity contribution in [1.82, 2.24) is 9.88 Å². The fraction of sp³-hybridized carbons (Fsp3) is 0.515. The quantitative estimate of drug-likeness (QED) is 0.162. The fourth-order valence-corrected chi connectivity index (χ4v) is 8.05. The largest absolute Gasteiger partial charge is 0.496 e. The number of aryl methyl sites for hydroxylation is 1. The molecule has 1 saturated heterocycles. The Bertz CT molecular complexity index is 1470. The Hall–Kier alpha value is -2.48. The summed E-state index contributed by atoms with van der Waals surface area (Å²) in [5, 5.41) is 12.3. The van der Waals surface area contributed by atoms with E-state index in [4.69, 9.17) is 19.2 Å². The normalized spacial score (nSPS) is 19.5. The first-order chi connectivity index (χ1) is 21.3. The van der Waals surface area contributed by atoms with Crippen molar-refractivity contribution in [2.45, 2.75) is 64.8 Å².